The summed E-state index contributed by atoms with van der Waals surface area (Å²) in [6, 6.07) is 6.23. The molecule has 0 aliphatic heterocycles. The zero-order valence-electron chi connectivity index (χ0n) is 15.7. The van der Waals surface area contributed by atoms with Crippen molar-refractivity contribution in [2.75, 3.05) is 6.54 Å². The molecule has 0 radical (unpaired) electrons. The van der Waals surface area contributed by atoms with Gasteiger partial charge in [0, 0.05) is 17.5 Å². The lowest BCUT2D eigenvalue weighted by molar-refractivity contribution is 0.278. The normalized spacial score (nSPS) is 18.9. The van der Waals surface area contributed by atoms with Crippen molar-refractivity contribution in [1.82, 2.24) is 0 Å². The van der Waals surface area contributed by atoms with Gasteiger partial charge in [-0.25, -0.2) is 0 Å². The molecule has 1 aromatic carbocycles. The Balaban J connectivity index is 2.42. The van der Waals surface area contributed by atoms with E-state index >= 15 is 0 Å². The molecule has 1 saturated carbocycles. The van der Waals surface area contributed by atoms with Gasteiger partial charge in [-0.3, -0.25) is 0 Å². The number of phenolic OH excluding ortho intramolecular Hbond substituents is 1. The second-order valence-corrected chi connectivity index (χ2v) is 9.40. The van der Waals surface area contributed by atoms with E-state index in [0.29, 0.717) is 12.3 Å². The Morgan fingerprint density at radius 3 is 2.17 bits per heavy atom. The van der Waals surface area contributed by atoms with Crippen LogP contribution in [0.1, 0.15) is 84.3 Å². The zero-order valence-corrected chi connectivity index (χ0v) is 15.7. The number of rotatable bonds is 4. The lowest BCUT2D eigenvalue weighted by Crippen LogP contribution is -2.37. The second kappa shape index (κ2) is 6.47. The molecule has 0 aromatic heterocycles. The maximum absolute atomic E-state index is 10.5. The van der Waals surface area contributed by atoms with E-state index in [1.165, 1.54) is 24.8 Å². The lowest BCUT2D eigenvalue weighted by Gasteiger charge is -2.39. The number of hydrogen-bond donors (Lipinski definition) is 2. The van der Waals surface area contributed by atoms with E-state index in [2.05, 4.69) is 46.8 Å². The summed E-state index contributed by atoms with van der Waals surface area (Å²) in [7, 11) is 0. The molecule has 0 saturated heterocycles. The van der Waals surface area contributed by atoms with Crippen molar-refractivity contribution in [2.24, 2.45) is 11.1 Å². The van der Waals surface area contributed by atoms with Gasteiger partial charge in [0.2, 0.25) is 0 Å². The molecule has 1 aliphatic carbocycles. The van der Waals surface area contributed by atoms with E-state index in [4.69, 9.17) is 5.73 Å². The molecule has 1 fully saturated rings. The Hall–Kier alpha value is -1.02. The van der Waals surface area contributed by atoms with Crippen LogP contribution < -0.4 is 5.73 Å². The van der Waals surface area contributed by atoms with Crippen LogP contribution in [0.15, 0.2) is 18.2 Å². The molecule has 0 atom stereocenters. The molecule has 3 N–H and O–H groups in total. The summed E-state index contributed by atoms with van der Waals surface area (Å²) >= 11 is 0. The minimum atomic E-state index is -0.0316. The van der Waals surface area contributed by atoms with Gasteiger partial charge in [-0.15, -0.1) is 0 Å². The standard InChI is InChI=1S/C21H35NO/c1-19(2,3)14-20(4,5)16-9-10-18(23)17(13-16)21(15-22)11-7-6-8-12-21/h9-10,13,23H,6-8,11-12,14-15,22H2,1-5H3. The molecule has 0 unspecified atom stereocenters. The first kappa shape index (κ1) is 18.3. The third-order valence-corrected chi connectivity index (χ3v) is 5.52. The number of nitrogens with two attached hydrogens (primary N) is 1. The smallest absolute Gasteiger partial charge is 0.119 e. The van der Waals surface area contributed by atoms with E-state index in [9.17, 15) is 5.11 Å². The maximum Gasteiger partial charge on any atom is 0.119 e. The molecular formula is C21H35NO. The van der Waals surface area contributed by atoms with Gasteiger partial charge in [0.05, 0.1) is 0 Å². The van der Waals surface area contributed by atoms with Crippen molar-refractivity contribution < 1.29 is 5.11 Å². The van der Waals surface area contributed by atoms with Gasteiger partial charge >= 0.3 is 0 Å². The quantitative estimate of drug-likeness (QED) is 0.795. The maximum atomic E-state index is 10.5. The Morgan fingerprint density at radius 2 is 1.65 bits per heavy atom. The molecule has 2 heteroatoms. The van der Waals surface area contributed by atoms with Crippen LogP contribution in [0.25, 0.3) is 0 Å². The average molecular weight is 318 g/mol. The van der Waals surface area contributed by atoms with Crippen LogP contribution in [0, 0.1) is 5.41 Å². The highest BCUT2D eigenvalue weighted by Gasteiger charge is 2.36. The minimum absolute atomic E-state index is 0.0316. The van der Waals surface area contributed by atoms with Gasteiger partial charge in [0.15, 0.2) is 0 Å². The summed E-state index contributed by atoms with van der Waals surface area (Å²) in [6.45, 7) is 12.1. The van der Waals surface area contributed by atoms with E-state index in [1.54, 1.807) is 0 Å². The van der Waals surface area contributed by atoms with Crippen LogP contribution in [0.5, 0.6) is 5.75 Å². The highest BCUT2D eigenvalue weighted by atomic mass is 16.3. The van der Waals surface area contributed by atoms with Gasteiger partial charge in [-0.2, -0.15) is 0 Å². The fourth-order valence-electron chi connectivity index (χ4n) is 4.62. The third kappa shape index (κ3) is 4.09. The Morgan fingerprint density at radius 1 is 1.04 bits per heavy atom. The molecule has 130 valence electrons. The molecule has 2 nitrogen and oxygen atoms in total. The van der Waals surface area contributed by atoms with Crippen molar-refractivity contribution in [3.05, 3.63) is 29.3 Å². The number of hydrogen-bond acceptors (Lipinski definition) is 2. The molecule has 0 amide bonds. The highest BCUT2D eigenvalue weighted by Crippen LogP contribution is 2.45. The predicted octanol–water partition coefficient (Wildman–Crippen LogP) is 5.27. The molecule has 23 heavy (non-hydrogen) atoms. The Bertz CT molecular complexity index is 533. The van der Waals surface area contributed by atoms with Gasteiger partial charge in [-0.1, -0.05) is 66.0 Å². The number of aromatic hydroxyl groups is 1. The monoisotopic (exact) mass is 317 g/mol. The van der Waals surface area contributed by atoms with E-state index < -0.39 is 0 Å². The summed E-state index contributed by atoms with van der Waals surface area (Å²) in [5.74, 6) is 0.424. The van der Waals surface area contributed by atoms with Gasteiger partial charge < -0.3 is 10.8 Å². The summed E-state index contributed by atoms with van der Waals surface area (Å²) in [6.07, 6.45) is 7.02. The highest BCUT2D eigenvalue weighted by molar-refractivity contribution is 5.44. The molecule has 0 spiro atoms. The Kier molecular flexibility index (Phi) is 5.15. The largest absolute Gasteiger partial charge is 0.508 e. The van der Waals surface area contributed by atoms with E-state index in [-0.39, 0.29) is 16.2 Å². The van der Waals surface area contributed by atoms with Crippen LogP contribution in [0.4, 0.5) is 0 Å². The molecule has 1 aliphatic rings. The zero-order chi connectivity index (χ0) is 17.3. The van der Waals surface area contributed by atoms with Crippen molar-refractivity contribution in [2.45, 2.75) is 84.0 Å². The van der Waals surface area contributed by atoms with Gasteiger partial charge in [0.1, 0.15) is 5.75 Å². The van der Waals surface area contributed by atoms with Crippen LogP contribution in [0.2, 0.25) is 0 Å². The van der Waals surface area contributed by atoms with Crippen molar-refractivity contribution >= 4 is 0 Å². The summed E-state index contributed by atoms with van der Waals surface area (Å²) in [5.41, 5.74) is 8.92. The Labute approximate surface area is 142 Å². The van der Waals surface area contributed by atoms with E-state index in [0.717, 1.165) is 24.8 Å². The summed E-state index contributed by atoms with van der Waals surface area (Å²) in [4.78, 5) is 0. The predicted molar refractivity (Wildman–Crippen MR) is 99.0 cm³/mol. The van der Waals surface area contributed by atoms with Crippen LogP contribution >= 0.6 is 0 Å². The molecule has 1 aromatic rings. The SMILES string of the molecule is CC(C)(C)CC(C)(C)c1ccc(O)c(C2(CN)CCCCC2)c1. The first-order chi connectivity index (χ1) is 10.6. The van der Waals surface area contributed by atoms with Crippen molar-refractivity contribution in [1.29, 1.82) is 0 Å². The second-order valence-electron chi connectivity index (χ2n) is 9.40. The van der Waals surface area contributed by atoms with Crippen LogP contribution in [0.3, 0.4) is 0 Å². The van der Waals surface area contributed by atoms with Gasteiger partial charge in [-0.05, 0) is 41.7 Å². The number of phenols is 1. The first-order valence-corrected chi connectivity index (χ1v) is 9.14. The summed E-state index contributed by atoms with van der Waals surface area (Å²) in [5, 5.41) is 10.5. The van der Waals surface area contributed by atoms with Crippen molar-refractivity contribution in [3.8, 4) is 5.75 Å². The van der Waals surface area contributed by atoms with E-state index in [1.807, 2.05) is 6.07 Å². The lowest BCUT2D eigenvalue weighted by atomic mass is 9.67. The fraction of sp³-hybridized carbons (Fsp3) is 0.714. The van der Waals surface area contributed by atoms with Crippen molar-refractivity contribution in [3.63, 3.8) is 0 Å². The summed E-state index contributed by atoms with van der Waals surface area (Å²) < 4.78 is 0. The average Bonchev–Trinajstić information content (AvgIpc) is 2.45. The third-order valence-electron chi connectivity index (χ3n) is 5.52. The molecule has 0 bridgehead atoms. The molecule has 2 rings (SSSR count). The molecular weight excluding hydrogens is 282 g/mol. The molecule has 0 heterocycles. The first-order valence-electron chi connectivity index (χ1n) is 9.14. The minimum Gasteiger partial charge on any atom is -0.508 e. The van der Waals surface area contributed by atoms with Crippen LogP contribution in [-0.2, 0) is 10.8 Å². The van der Waals surface area contributed by atoms with Crippen LogP contribution in [-0.4, -0.2) is 11.7 Å². The number of benzene rings is 1. The fourth-order valence-corrected chi connectivity index (χ4v) is 4.62. The van der Waals surface area contributed by atoms with Gasteiger partial charge in [0.25, 0.3) is 0 Å². The topological polar surface area (TPSA) is 46.2 Å².